The zero-order valence-corrected chi connectivity index (χ0v) is 11.2. The first-order valence-corrected chi connectivity index (χ1v) is 7.18. The van der Waals surface area contributed by atoms with Crippen molar-refractivity contribution in [3.8, 4) is 0 Å². The number of aliphatic imine (C=N–C) groups is 1. The van der Waals surface area contributed by atoms with Gasteiger partial charge in [0.25, 0.3) is 0 Å². The van der Waals surface area contributed by atoms with Crippen molar-refractivity contribution in [3.63, 3.8) is 0 Å². The largest absolute Gasteiger partial charge is 0.378 e. The third kappa shape index (κ3) is 2.75. The monoisotopic (exact) mass is 249 g/mol. The Labute approximate surface area is 107 Å². The minimum absolute atomic E-state index is 0.599. The molecule has 1 heterocycles. The lowest BCUT2D eigenvalue weighted by Crippen LogP contribution is -2.26. The van der Waals surface area contributed by atoms with Gasteiger partial charge in [0.1, 0.15) is 0 Å². The first-order chi connectivity index (χ1) is 8.22. The van der Waals surface area contributed by atoms with Crippen LogP contribution in [-0.4, -0.2) is 24.0 Å². The van der Waals surface area contributed by atoms with Crippen molar-refractivity contribution in [2.24, 2.45) is 10.7 Å². The van der Waals surface area contributed by atoms with Gasteiger partial charge in [0.15, 0.2) is 5.17 Å². The van der Waals surface area contributed by atoms with Gasteiger partial charge in [-0.15, -0.1) is 0 Å². The van der Waals surface area contributed by atoms with Gasteiger partial charge in [-0.1, -0.05) is 23.9 Å². The number of hydrogen-bond donors (Lipinski definition) is 1. The van der Waals surface area contributed by atoms with Crippen molar-refractivity contribution in [2.75, 3.05) is 17.7 Å². The molecule has 0 spiro atoms. The zero-order chi connectivity index (χ0) is 12.3. The standard InChI is InChI=1S/C13H19N3S/c1-10-6-5-9-16(10)12-8-4-3-7-11(12)15-13(14)17-2/h3-4,7-8,10H,5-6,9H2,1-2H3,(H2,14,15). The lowest BCUT2D eigenvalue weighted by atomic mass is 10.2. The maximum Gasteiger partial charge on any atom is 0.158 e. The first kappa shape index (κ1) is 12.3. The van der Waals surface area contributed by atoms with E-state index in [-0.39, 0.29) is 0 Å². The van der Waals surface area contributed by atoms with Crippen molar-refractivity contribution in [1.82, 2.24) is 0 Å². The second kappa shape index (κ2) is 5.45. The normalized spacial score (nSPS) is 20.9. The number of thioether (sulfide) groups is 1. The molecular formula is C13H19N3S. The molecule has 2 N–H and O–H groups in total. The minimum Gasteiger partial charge on any atom is -0.378 e. The fraction of sp³-hybridized carbons (Fsp3) is 0.462. The molecule has 1 fully saturated rings. The van der Waals surface area contributed by atoms with E-state index in [0.29, 0.717) is 11.2 Å². The lowest BCUT2D eigenvalue weighted by molar-refractivity contribution is 0.735. The van der Waals surface area contributed by atoms with Crippen LogP contribution in [0.2, 0.25) is 0 Å². The summed E-state index contributed by atoms with van der Waals surface area (Å²) in [5.74, 6) is 0. The third-order valence-electron chi connectivity index (χ3n) is 3.18. The topological polar surface area (TPSA) is 41.6 Å². The van der Waals surface area contributed by atoms with Crippen molar-refractivity contribution < 1.29 is 0 Å². The fourth-order valence-corrected chi connectivity index (χ4v) is 2.45. The fourth-order valence-electron chi connectivity index (χ4n) is 2.26. The van der Waals surface area contributed by atoms with E-state index in [1.807, 2.05) is 18.4 Å². The van der Waals surface area contributed by atoms with E-state index in [2.05, 4.69) is 28.9 Å². The summed E-state index contributed by atoms with van der Waals surface area (Å²) in [6, 6.07) is 8.84. The molecule has 1 atom stereocenters. The van der Waals surface area contributed by atoms with E-state index >= 15 is 0 Å². The summed E-state index contributed by atoms with van der Waals surface area (Å²) in [5.41, 5.74) is 7.98. The van der Waals surface area contributed by atoms with Gasteiger partial charge < -0.3 is 10.6 Å². The molecule has 1 aliphatic rings. The molecule has 3 nitrogen and oxygen atoms in total. The van der Waals surface area contributed by atoms with Gasteiger partial charge in [0.2, 0.25) is 0 Å². The number of hydrogen-bond acceptors (Lipinski definition) is 3. The Morgan fingerprint density at radius 1 is 1.47 bits per heavy atom. The SMILES string of the molecule is CSC(N)=Nc1ccccc1N1CCCC1C. The summed E-state index contributed by atoms with van der Waals surface area (Å²) in [5, 5.41) is 0.615. The zero-order valence-electron chi connectivity index (χ0n) is 10.4. The van der Waals surface area contributed by atoms with Gasteiger partial charge in [0, 0.05) is 12.6 Å². The molecule has 0 amide bonds. The Bertz CT molecular complexity index is 417. The van der Waals surface area contributed by atoms with Crippen LogP contribution in [0, 0.1) is 0 Å². The lowest BCUT2D eigenvalue weighted by Gasteiger charge is -2.25. The molecule has 2 rings (SSSR count). The van der Waals surface area contributed by atoms with Crippen LogP contribution in [-0.2, 0) is 0 Å². The number of rotatable bonds is 2. The summed E-state index contributed by atoms with van der Waals surface area (Å²) in [7, 11) is 0. The molecular weight excluding hydrogens is 230 g/mol. The maximum atomic E-state index is 5.80. The van der Waals surface area contributed by atoms with Crippen LogP contribution in [0.5, 0.6) is 0 Å². The molecule has 92 valence electrons. The summed E-state index contributed by atoms with van der Waals surface area (Å²) in [6.07, 6.45) is 4.47. The van der Waals surface area contributed by atoms with Crippen molar-refractivity contribution in [1.29, 1.82) is 0 Å². The summed E-state index contributed by atoms with van der Waals surface area (Å²) in [4.78, 5) is 6.90. The molecule has 4 heteroatoms. The molecule has 1 saturated heterocycles. The molecule has 1 aliphatic heterocycles. The summed E-state index contributed by atoms with van der Waals surface area (Å²) < 4.78 is 0. The molecule has 1 aromatic rings. The van der Waals surface area contributed by atoms with Gasteiger partial charge >= 0.3 is 0 Å². The molecule has 0 aromatic heterocycles. The van der Waals surface area contributed by atoms with Gasteiger partial charge in [-0.25, -0.2) is 4.99 Å². The predicted molar refractivity (Wildman–Crippen MR) is 77.3 cm³/mol. The highest BCUT2D eigenvalue weighted by Crippen LogP contribution is 2.33. The number of nitrogens with two attached hydrogens (primary N) is 1. The average Bonchev–Trinajstić information content (AvgIpc) is 2.76. The molecule has 0 aliphatic carbocycles. The Kier molecular flexibility index (Phi) is 3.94. The van der Waals surface area contributed by atoms with Crippen molar-refractivity contribution >= 4 is 28.3 Å². The minimum atomic E-state index is 0.599. The van der Waals surface area contributed by atoms with Gasteiger partial charge in [-0.2, -0.15) is 0 Å². The Hall–Kier alpha value is -1.16. The number of benzene rings is 1. The average molecular weight is 249 g/mol. The van der Waals surface area contributed by atoms with Gasteiger partial charge in [-0.3, -0.25) is 0 Å². The Morgan fingerprint density at radius 2 is 2.24 bits per heavy atom. The van der Waals surface area contributed by atoms with Crippen LogP contribution >= 0.6 is 11.8 Å². The van der Waals surface area contributed by atoms with Crippen LogP contribution in [0.25, 0.3) is 0 Å². The Balaban J connectivity index is 2.33. The smallest absolute Gasteiger partial charge is 0.158 e. The van der Waals surface area contributed by atoms with Crippen LogP contribution in [0.15, 0.2) is 29.3 Å². The highest BCUT2D eigenvalue weighted by molar-refractivity contribution is 8.13. The summed E-state index contributed by atoms with van der Waals surface area (Å²) in [6.45, 7) is 3.39. The molecule has 17 heavy (non-hydrogen) atoms. The highest BCUT2D eigenvalue weighted by Gasteiger charge is 2.22. The van der Waals surface area contributed by atoms with E-state index < -0.39 is 0 Å². The molecule has 1 aromatic carbocycles. The van der Waals surface area contributed by atoms with E-state index in [4.69, 9.17) is 5.73 Å². The van der Waals surface area contributed by atoms with Crippen LogP contribution in [0.4, 0.5) is 11.4 Å². The maximum absolute atomic E-state index is 5.80. The van der Waals surface area contributed by atoms with Gasteiger partial charge in [0.05, 0.1) is 11.4 Å². The number of amidine groups is 1. The first-order valence-electron chi connectivity index (χ1n) is 5.96. The molecule has 0 radical (unpaired) electrons. The molecule has 1 unspecified atom stereocenters. The quantitative estimate of drug-likeness (QED) is 0.647. The second-order valence-electron chi connectivity index (χ2n) is 4.33. The van der Waals surface area contributed by atoms with Gasteiger partial charge in [-0.05, 0) is 38.2 Å². The van der Waals surface area contributed by atoms with E-state index in [0.717, 1.165) is 12.2 Å². The third-order valence-corrected chi connectivity index (χ3v) is 3.69. The van der Waals surface area contributed by atoms with E-state index in [1.165, 1.54) is 30.3 Å². The number of para-hydroxylation sites is 2. The number of anilines is 1. The second-order valence-corrected chi connectivity index (χ2v) is 5.15. The number of nitrogens with zero attached hydrogens (tertiary/aromatic N) is 2. The van der Waals surface area contributed by atoms with E-state index in [1.54, 1.807) is 0 Å². The Morgan fingerprint density at radius 3 is 2.88 bits per heavy atom. The molecule has 0 saturated carbocycles. The van der Waals surface area contributed by atoms with Crippen molar-refractivity contribution in [2.45, 2.75) is 25.8 Å². The predicted octanol–water partition coefficient (Wildman–Crippen LogP) is 2.98. The van der Waals surface area contributed by atoms with Crippen LogP contribution in [0.3, 0.4) is 0 Å². The van der Waals surface area contributed by atoms with Crippen LogP contribution < -0.4 is 10.6 Å². The molecule has 0 bridgehead atoms. The van der Waals surface area contributed by atoms with Crippen LogP contribution in [0.1, 0.15) is 19.8 Å². The highest BCUT2D eigenvalue weighted by atomic mass is 32.2. The summed E-state index contributed by atoms with van der Waals surface area (Å²) >= 11 is 1.48. The van der Waals surface area contributed by atoms with E-state index in [9.17, 15) is 0 Å². The van der Waals surface area contributed by atoms with Crippen molar-refractivity contribution in [3.05, 3.63) is 24.3 Å².